The Morgan fingerprint density at radius 2 is 1.75 bits per heavy atom. The maximum atomic E-state index is 10.7. The summed E-state index contributed by atoms with van der Waals surface area (Å²) in [6.07, 6.45) is 0.877. The lowest BCUT2D eigenvalue weighted by atomic mass is 9.98. The second kappa shape index (κ2) is 4.62. The van der Waals surface area contributed by atoms with Crippen LogP contribution in [-0.2, 0) is 0 Å². The maximum absolute atomic E-state index is 10.7. The molecule has 2 rings (SSSR count). The van der Waals surface area contributed by atoms with Crippen LogP contribution in [0.3, 0.4) is 0 Å². The number of aryl methyl sites for hydroxylation is 1. The van der Waals surface area contributed by atoms with Gasteiger partial charge in [0.05, 0.1) is 0 Å². The number of benzene rings is 2. The monoisotopic (exact) mass is 274 g/mol. The summed E-state index contributed by atoms with van der Waals surface area (Å²) in [5.74, 6) is 0. The molecule has 0 heterocycles. The van der Waals surface area contributed by atoms with E-state index in [1.807, 2.05) is 49.4 Å². The highest BCUT2D eigenvalue weighted by atomic mass is 79.9. The minimum atomic E-state index is 0.712. The molecular formula is C14H11BrO. The molecule has 0 radical (unpaired) electrons. The zero-order valence-electron chi connectivity index (χ0n) is 8.91. The number of hydrogen-bond donors (Lipinski definition) is 0. The summed E-state index contributed by atoms with van der Waals surface area (Å²) in [6.45, 7) is 2.05. The van der Waals surface area contributed by atoms with Crippen LogP contribution in [0.1, 0.15) is 15.9 Å². The van der Waals surface area contributed by atoms with Gasteiger partial charge in [-0.1, -0.05) is 40.2 Å². The molecule has 0 amide bonds. The van der Waals surface area contributed by atoms with Crippen LogP contribution < -0.4 is 0 Å². The van der Waals surface area contributed by atoms with Gasteiger partial charge >= 0.3 is 0 Å². The van der Waals surface area contributed by atoms with Crippen LogP contribution in [0.5, 0.6) is 0 Å². The molecule has 0 spiro atoms. The fourth-order valence-electron chi connectivity index (χ4n) is 1.65. The number of hydrogen-bond acceptors (Lipinski definition) is 1. The van der Waals surface area contributed by atoms with E-state index in [1.54, 1.807) is 0 Å². The average molecular weight is 275 g/mol. The van der Waals surface area contributed by atoms with Crippen molar-refractivity contribution in [1.29, 1.82) is 0 Å². The molecular weight excluding hydrogens is 264 g/mol. The molecule has 2 heteroatoms. The van der Waals surface area contributed by atoms with Gasteiger partial charge in [0.2, 0.25) is 0 Å². The molecule has 0 aliphatic heterocycles. The Bertz CT molecular complexity index is 515. The van der Waals surface area contributed by atoms with Crippen molar-refractivity contribution in [1.82, 2.24) is 0 Å². The lowest BCUT2D eigenvalue weighted by molar-refractivity contribution is 0.112. The van der Waals surface area contributed by atoms with E-state index >= 15 is 0 Å². The van der Waals surface area contributed by atoms with Gasteiger partial charge in [0.1, 0.15) is 6.29 Å². The van der Waals surface area contributed by atoms with Gasteiger partial charge in [0, 0.05) is 10.0 Å². The predicted octanol–water partition coefficient (Wildman–Crippen LogP) is 4.24. The molecule has 0 atom stereocenters. The normalized spacial score (nSPS) is 10.1. The van der Waals surface area contributed by atoms with Gasteiger partial charge in [-0.25, -0.2) is 0 Å². The molecule has 0 saturated heterocycles. The fourth-order valence-corrected chi connectivity index (χ4v) is 1.92. The third-order valence-corrected chi connectivity index (χ3v) is 3.08. The van der Waals surface area contributed by atoms with E-state index < -0.39 is 0 Å². The second-order valence-corrected chi connectivity index (χ2v) is 4.61. The molecule has 16 heavy (non-hydrogen) atoms. The maximum Gasteiger partial charge on any atom is 0.150 e. The molecule has 0 aliphatic carbocycles. The van der Waals surface area contributed by atoms with Crippen molar-refractivity contribution in [3.05, 3.63) is 58.1 Å². The van der Waals surface area contributed by atoms with E-state index in [-0.39, 0.29) is 0 Å². The quantitative estimate of drug-likeness (QED) is 0.749. The highest BCUT2D eigenvalue weighted by molar-refractivity contribution is 9.10. The summed E-state index contributed by atoms with van der Waals surface area (Å²) in [7, 11) is 0. The van der Waals surface area contributed by atoms with Crippen LogP contribution in [0.2, 0.25) is 0 Å². The largest absolute Gasteiger partial charge is 0.298 e. The van der Waals surface area contributed by atoms with Crippen molar-refractivity contribution in [3.8, 4) is 11.1 Å². The van der Waals surface area contributed by atoms with Gasteiger partial charge in [-0.3, -0.25) is 4.79 Å². The first-order valence-electron chi connectivity index (χ1n) is 5.02. The minimum absolute atomic E-state index is 0.712. The zero-order valence-corrected chi connectivity index (χ0v) is 10.5. The summed E-state index contributed by atoms with van der Waals surface area (Å²) in [5.41, 5.74) is 4.12. The smallest absolute Gasteiger partial charge is 0.150 e. The summed E-state index contributed by atoms with van der Waals surface area (Å²) in [4.78, 5) is 10.7. The first kappa shape index (κ1) is 11.1. The van der Waals surface area contributed by atoms with Crippen LogP contribution in [0, 0.1) is 6.92 Å². The Labute approximate surface area is 103 Å². The van der Waals surface area contributed by atoms with E-state index in [9.17, 15) is 4.79 Å². The summed E-state index contributed by atoms with van der Waals surface area (Å²) >= 11 is 3.41. The van der Waals surface area contributed by atoms with Gasteiger partial charge < -0.3 is 0 Å². The first-order chi connectivity index (χ1) is 7.70. The topological polar surface area (TPSA) is 17.1 Å². The zero-order chi connectivity index (χ0) is 11.5. The minimum Gasteiger partial charge on any atom is -0.298 e. The lowest BCUT2D eigenvalue weighted by Gasteiger charge is -2.06. The van der Waals surface area contributed by atoms with Crippen LogP contribution in [0.4, 0.5) is 0 Å². The lowest BCUT2D eigenvalue weighted by Crippen LogP contribution is -1.87. The molecule has 80 valence electrons. The Balaban J connectivity index is 2.54. The Morgan fingerprint density at radius 3 is 2.38 bits per heavy atom. The molecule has 0 bridgehead atoms. The number of carbonyl (C=O) groups excluding carboxylic acids is 1. The van der Waals surface area contributed by atoms with Gasteiger partial charge in [-0.2, -0.15) is 0 Å². The van der Waals surface area contributed by atoms with Gasteiger partial charge in [-0.15, -0.1) is 0 Å². The Kier molecular flexibility index (Phi) is 3.20. The first-order valence-corrected chi connectivity index (χ1v) is 5.82. The van der Waals surface area contributed by atoms with Gasteiger partial charge in [0.15, 0.2) is 0 Å². The van der Waals surface area contributed by atoms with Gasteiger partial charge in [0.25, 0.3) is 0 Å². The van der Waals surface area contributed by atoms with Crippen molar-refractivity contribution < 1.29 is 4.79 Å². The van der Waals surface area contributed by atoms with Crippen molar-refractivity contribution in [2.75, 3.05) is 0 Å². The molecule has 0 unspecified atom stereocenters. The van der Waals surface area contributed by atoms with Crippen molar-refractivity contribution >= 4 is 22.2 Å². The summed E-state index contributed by atoms with van der Waals surface area (Å²) < 4.78 is 1.06. The van der Waals surface area contributed by atoms with E-state index in [2.05, 4.69) is 15.9 Å². The summed E-state index contributed by atoms with van der Waals surface area (Å²) in [6, 6.07) is 13.8. The molecule has 1 nitrogen and oxygen atoms in total. The Morgan fingerprint density at radius 1 is 1.06 bits per heavy atom. The SMILES string of the molecule is Cc1ccc(C=O)cc1-c1ccc(Br)cc1. The summed E-state index contributed by atoms with van der Waals surface area (Å²) in [5, 5.41) is 0. The predicted molar refractivity (Wildman–Crippen MR) is 69.7 cm³/mol. The third kappa shape index (κ3) is 2.22. The number of rotatable bonds is 2. The Hall–Kier alpha value is -1.41. The third-order valence-electron chi connectivity index (χ3n) is 2.55. The van der Waals surface area contributed by atoms with Crippen molar-refractivity contribution in [2.45, 2.75) is 6.92 Å². The number of carbonyl (C=O) groups is 1. The molecule has 2 aromatic carbocycles. The van der Waals surface area contributed by atoms with Crippen LogP contribution in [0.25, 0.3) is 11.1 Å². The van der Waals surface area contributed by atoms with Crippen molar-refractivity contribution in [2.24, 2.45) is 0 Å². The van der Waals surface area contributed by atoms with E-state index in [4.69, 9.17) is 0 Å². The van der Waals surface area contributed by atoms with Crippen LogP contribution >= 0.6 is 15.9 Å². The highest BCUT2D eigenvalue weighted by Crippen LogP contribution is 2.25. The van der Waals surface area contributed by atoms with E-state index in [0.29, 0.717) is 5.56 Å². The molecule has 0 aliphatic rings. The van der Waals surface area contributed by atoms with Crippen LogP contribution in [-0.4, -0.2) is 6.29 Å². The molecule has 0 fully saturated rings. The fraction of sp³-hybridized carbons (Fsp3) is 0.0714. The van der Waals surface area contributed by atoms with Crippen molar-refractivity contribution in [3.63, 3.8) is 0 Å². The molecule has 0 N–H and O–H groups in total. The average Bonchev–Trinajstić information content (AvgIpc) is 2.31. The molecule has 0 aromatic heterocycles. The number of halogens is 1. The number of aldehydes is 1. The van der Waals surface area contributed by atoms with E-state index in [0.717, 1.165) is 21.9 Å². The van der Waals surface area contributed by atoms with E-state index in [1.165, 1.54) is 5.56 Å². The standard InChI is InChI=1S/C14H11BrO/c1-10-2-3-11(9-16)8-14(10)12-4-6-13(15)7-5-12/h2-9H,1H3. The van der Waals surface area contributed by atoms with Gasteiger partial charge in [-0.05, 0) is 41.8 Å². The second-order valence-electron chi connectivity index (χ2n) is 3.70. The molecule has 2 aromatic rings. The molecule has 0 saturated carbocycles. The van der Waals surface area contributed by atoms with Crippen LogP contribution in [0.15, 0.2) is 46.9 Å². The highest BCUT2D eigenvalue weighted by Gasteiger charge is 2.02.